The number of hydrogen-bond donors (Lipinski definition) is 0. The van der Waals surface area contributed by atoms with Crippen LogP contribution in [-0.2, 0) is 0 Å². The predicted molar refractivity (Wildman–Crippen MR) is 41.8 cm³/mol. The first kappa shape index (κ1) is 7.14. The van der Waals surface area contributed by atoms with E-state index < -0.39 is 0 Å². The first-order valence-electron chi connectivity index (χ1n) is 3.64. The highest BCUT2D eigenvalue weighted by Crippen LogP contribution is 2.19. The van der Waals surface area contributed by atoms with Gasteiger partial charge in [0.15, 0.2) is 0 Å². The van der Waals surface area contributed by atoms with Crippen molar-refractivity contribution in [2.45, 2.75) is 25.7 Å². The molecule has 0 unspecified atom stereocenters. The highest BCUT2D eigenvalue weighted by atomic mass is 35.5. The molecule has 1 heteroatoms. The Balaban J connectivity index is 2.26. The minimum Gasteiger partial charge on any atom is -0.126 e. The number of allylic oxidation sites excluding steroid dienone is 2. The monoisotopic (exact) mass is 144 g/mol. The maximum absolute atomic E-state index is 5.73. The molecule has 9 heavy (non-hydrogen) atoms. The molecule has 1 aliphatic carbocycles. The van der Waals surface area contributed by atoms with Crippen LogP contribution >= 0.6 is 11.6 Å². The van der Waals surface area contributed by atoms with Crippen molar-refractivity contribution < 1.29 is 0 Å². The fourth-order valence-electron chi connectivity index (χ4n) is 1.20. The van der Waals surface area contributed by atoms with Gasteiger partial charge in [-0.15, -0.1) is 11.6 Å². The highest BCUT2D eigenvalue weighted by molar-refractivity contribution is 6.18. The van der Waals surface area contributed by atoms with E-state index >= 15 is 0 Å². The van der Waals surface area contributed by atoms with E-state index in [4.69, 9.17) is 11.6 Å². The summed E-state index contributed by atoms with van der Waals surface area (Å²) in [6, 6.07) is 0. The molecule has 0 saturated carbocycles. The molecule has 0 saturated heterocycles. The average molecular weight is 145 g/mol. The smallest absolute Gasteiger partial charge is 0.0251 e. The summed E-state index contributed by atoms with van der Waals surface area (Å²) in [5.41, 5.74) is 0. The van der Waals surface area contributed by atoms with Gasteiger partial charge in [-0.3, -0.25) is 0 Å². The SMILES string of the molecule is ClCC1CCC=CCC1. The minimum absolute atomic E-state index is 0.779. The van der Waals surface area contributed by atoms with E-state index in [1.54, 1.807) is 0 Å². The average Bonchev–Trinajstić information content (AvgIpc) is 2.13. The second-order valence-electron chi connectivity index (χ2n) is 2.65. The van der Waals surface area contributed by atoms with Crippen LogP contribution in [0.3, 0.4) is 0 Å². The molecule has 0 aromatic carbocycles. The van der Waals surface area contributed by atoms with Gasteiger partial charge in [-0.25, -0.2) is 0 Å². The third kappa shape index (κ3) is 2.40. The summed E-state index contributed by atoms with van der Waals surface area (Å²) in [5.74, 6) is 1.63. The molecule has 0 aliphatic heterocycles. The molecule has 0 heterocycles. The number of rotatable bonds is 1. The van der Waals surface area contributed by atoms with E-state index in [-0.39, 0.29) is 0 Å². The van der Waals surface area contributed by atoms with Crippen molar-refractivity contribution in [3.05, 3.63) is 12.2 Å². The number of hydrogen-bond acceptors (Lipinski definition) is 0. The molecule has 0 aromatic heterocycles. The lowest BCUT2D eigenvalue weighted by atomic mass is 10.0. The van der Waals surface area contributed by atoms with Gasteiger partial charge in [-0.1, -0.05) is 12.2 Å². The summed E-state index contributed by atoms with van der Waals surface area (Å²) >= 11 is 5.73. The molecule has 0 atom stereocenters. The molecule has 0 amide bonds. The van der Waals surface area contributed by atoms with E-state index in [1.807, 2.05) is 0 Å². The zero-order valence-electron chi connectivity index (χ0n) is 5.65. The van der Waals surface area contributed by atoms with Gasteiger partial charge in [0, 0.05) is 5.88 Å². The van der Waals surface area contributed by atoms with Gasteiger partial charge >= 0.3 is 0 Å². The molecule has 0 N–H and O–H groups in total. The molecule has 1 aliphatic rings. The molecule has 0 bridgehead atoms. The quantitative estimate of drug-likeness (QED) is 0.392. The van der Waals surface area contributed by atoms with Gasteiger partial charge < -0.3 is 0 Å². The van der Waals surface area contributed by atoms with Crippen molar-refractivity contribution in [1.29, 1.82) is 0 Å². The summed E-state index contributed by atoms with van der Waals surface area (Å²) < 4.78 is 0. The molecule has 0 aromatic rings. The zero-order valence-corrected chi connectivity index (χ0v) is 6.40. The van der Waals surface area contributed by atoms with Gasteiger partial charge in [-0.05, 0) is 31.6 Å². The van der Waals surface area contributed by atoms with Crippen LogP contribution < -0.4 is 0 Å². The lowest BCUT2D eigenvalue weighted by Crippen LogP contribution is -1.98. The zero-order chi connectivity index (χ0) is 6.53. The van der Waals surface area contributed by atoms with E-state index in [2.05, 4.69) is 12.2 Å². The second kappa shape index (κ2) is 3.94. The Bertz CT molecular complexity index is 86.7. The highest BCUT2D eigenvalue weighted by Gasteiger charge is 2.06. The summed E-state index contributed by atoms with van der Waals surface area (Å²) in [6.45, 7) is 0. The molecule has 0 radical (unpaired) electrons. The van der Waals surface area contributed by atoms with Crippen molar-refractivity contribution in [3.63, 3.8) is 0 Å². The summed E-state index contributed by atoms with van der Waals surface area (Å²) in [4.78, 5) is 0. The minimum atomic E-state index is 0.779. The number of halogens is 1. The fourth-order valence-corrected chi connectivity index (χ4v) is 1.51. The molecular weight excluding hydrogens is 132 g/mol. The second-order valence-corrected chi connectivity index (χ2v) is 2.96. The molecule has 0 nitrogen and oxygen atoms in total. The Labute approximate surface area is 61.9 Å². The largest absolute Gasteiger partial charge is 0.126 e. The summed E-state index contributed by atoms with van der Waals surface area (Å²) in [7, 11) is 0. The van der Waals surface area contributed by atoms with Gasteiger partial charge in [-0.2, -0.15) is 0 Å². The van der Waals surface area contributed by atoms with Crippen LogP contribution in [0.15, 0.2) is 12.2 Å². The normalized spacial score (nSPS) is 21.9. The van der Waals surface area contributed by atoms with Crippen molar-refractivity contribution in [2.75, 3.05) is 5.88 Å². The molecule has 0 spiro atoms. The fraction of sp³-hybridized carbons (Fsp3) is 0.750. The van der Waals surface area contributed by atoms with Crippen molar-refractivity contribution in [1.82, 2.24) is 0 Å². The Morgan fingerprint density at radius 1 is 1.22 bits per heavy atom. The van der Waals surface area contributed by atoms with Crippen molar-refractivity contribution in [2.24, 2.45) is 5.92 Å². The van der Waals surface area contributed by atoms with Crippen molar-refractivity contribution in [3.8, 4) is 0 Å². The van der Waals surface area contributed by atoms with Crippen LogP contribution in [0.1, 0.15) is 25.7 Å². The first-order chi connectivity index (χ1) is 4.43. The third-order valence-electron chi connectivity index (χ3n) is 1.87. The molecule has 1 rings (SSSR count). The topological polar surface area (TPSA) is 0 Å². The van der Waals surface area contributed by atoms with Gasteiger partial charge in [0.05, 0.1) is 0 Å². The maximum Gasteiger partial charge on any atom is 0.0251 e. The van der Waals surface area contributed by atoms with Crippen LogP contribution in [0.25, 0.3) is 0 Å². The molecular formula is C8H13Cl. The third-order valence-corrected chi connectivity index (χ3v) is 2.30. The van der Waals surface area contributed by atoms with Gasteiger partial charge in [0.2, 0.25) is 0 Å². The van der Waals surface area contributed by atoms with Crippen LogP contribution in [0.5, 0.6) is 0 Å². The molecule has 0 fully saturated rings. The van der Waals surface area contributed by atoms with Gasteiger partial charge in [0.1, 0.15) is 0 Å². The van der Waals surface area contributed by atoms with E-state index in [0.29, 0.717) is 0 Å². The Kier molecular flexibility index (Phi) is 3.13. The van der Waals surface area contributed by atoms with E-state index in [1.165, 1.54) is 25.7 Å². The Hall–Kier alpha value is 0.0300. The first-order valence-corrected chi connectivity index (χ1v) is 4.18. The van der Waals surface area contributed by atoms with Crippen LogP contribution in [0.2, 0.25) is 0 Å². The molecule has 52 valence electrons. The van der Waals surface area contributed by atoms with Gasteiger partial charge in [0.25, 0.3) is 0 Å². The van der Waals surface area contributed by atoms with E-state index in [0.717, 1.165) is 11.8 Å². The van der Waals surface area contributed by atoms with Crippen LogP contribution in [-0.4, -0.2) is 5.88 Å². The Morgan fingerprint density at radius 2 is 1.78 bits per heavy atom. The van der Waals surface area contributed by atoms with Crippen molar-refractivity contribution >= 4 is 11.6 Å². The Morgan fingerprint density at radius 3 is 2.22 bits per heavy atom. The van der Waals surface area contributed by atoms with Crippen LogP contribution in [0, 0.1) is 5.92 Å². The maximum atomic E-state index is 5.73. The van der Waals surface area contributed by atoms with E-state index in [9.17, 15) is 0 Å². The lowest BCUT2D eigenvalue weighted by Gasteiger charge is -2.07. The number of alkyl halides is 1. The summed E-state index contributed by atoms with van der Waals surface area (Å²) in [5, 5.41) is 0. The van der Waals surface area contributed by atoms with Crippen LogP contribution in [0.4, 0.5) is 0 Å². The lowest BCUT2D eigenvalue weighted by molar-refractivity contribution is 0.519. The standard InChI is InChI=1S/C8H13Cl/c9-7-8-5-3-1-2-4-6-8/h1-2,8H,3-7H2. The predicted octanol–water partition coefficient (Wildman–Crippen LogP) is 2.97. The summed E-state index contributed by atoms with van der Waals surface area (Å²) in [6.07, 6.45) is 9.59.